The molecule has 2 aromatic rings. The summed E-state index contributed by atoms with van der Waals surface area (Å²) in [5.74, 6) is -0.716. The molecule has 0 saturated carbocycles. The Morgan fingerprint density at radius 3 is 2.96 bits per heavy atom. The Kier molecular flexibility index (Phi) is 5.53. The Balaban J connectivity index is 1.94. The largest absolute Gasteiger partial charge is 0.385 e. The number of amides is 1. The molecule has 3 N–H and O–H groups in total. The highest BCUT2D eigenvalue weighted by Crippen LogP contribution is 2.33. The van der Waals surface area contributed by atoms with Crippen molar-refractivity contribution in [2.45, 2.75) is 45.4 Å². The summed E-state index contributed by atoms with van der Waals surface area (Å²) in [7, 11) is 0. The number of hydrogen-bond donors (Lipinski definition) is 3. The number of H-pyrrole nitrogens is 1. The number of aromatic nitrogens is 4. The quantitative estimate of drug-likeness (QED) is 0.656. The van der Waals surface area contributed by atoms with Crippen molar-refractivity contribution in [1.82, 2.24) is 19.5 Å². The van der Waals surface area contributed by atoms with Crippen LogP contribution in [0.1, 0.15) is 27.0 Å². The lowest BCUT2D eigenvalue weighted by Crippen LogP contribution is -2.30. The number of hydrogen-bond acceptors (Lipinski definition) is 7. The van der Waals surface area contributed by atoms with Crippen LogP contribution >= 0.6 is 0 Å². The third kappa shape index (κ3) is 3.70. The van der Waals surface area contributed by atoms with E-state index in [9.17, 15) is 19.1 Å². The normalized spacial score (nSPS) is 25.4. The van der Waals surface area contributed by atoms with Crippen LogP contribution in [0, 0.1) is 5.92 Å². The summed E-state index contributed by atoms with van der Waals surface area (Å²) in [5, 5.41) is 12.7. The summed E-state index contributed by atoms with van der Waals surface area (Å²) in [6, 6.07) is 0. The van der Waals surface area contributed by atoms with Crippen molar-refractivity contribution in [2.24, 2.45) is 5.92 Å². The summed E-state index contributed by atoms with van der Waals surface area (Å²) < 4.78 is 26.4. The van der Waals surface area contributed by atoms with Gasteiger partial charge in [-0.15, -0.1) is 0 Å². The highest BCUT2D eigenvalue weighted by molar-refractivity contribution is 5.91. The zero-order valence-corrected chi connectivity index (χ0v) is 15.2. The molecule has 0 aromatic carbocycles. The second-order valence-corrected chi connectivity index (χ2v) is 6.54. The summed E-state index contributed by atoms with van der Waals surface area (Å²) in [5.41, 5.74) is -0.531. The number of aliphatic hydroxyl groups is 1. The van der Waals surface area contributed by atoms with E-state index in [1.165, 1.54) is 10.9 Å². The number of aliphatic hydroxyl groups excluding tert-OH is 1. The number of imidazole rings is 1. The van der Waals surface area contributed by atoms with Gasteiger partial charge in [0.2, 0.25) is 11.9 Å². The summed E-state index contributed by atoms with van der Waals surface area (Å²) in [6.07, 6.45) is -3.99. The van der Waals surface area contributed by atoms with Gasteiger partial charge in [0.25, 0.3) is 5.56 Å². The molecule has 0 spiro atoms. The molecule has 2 aromatic heterocycles. The number of fused-ring (bicyclic) bond motifs is 1. The van der Waals surface area contributed by atoms with Gasteiger partial charge in [-0.1, -0.05) is 13.8 Å². The predicted octanol–water partition coefficient (Wildman–Crippen LogP) is 0.347. The molecule has 148 valence electrons. The van der Waals surface area contributed by atoms with E-state index < -0.39 is 30.2 Å². The summed E-state index contributed by atoms with van der Waals surface area (Å²) in [6.45, 7) is 5.53. The molecule has 11 heteroatoms. The number of carbonyl (C=O) groups excluding carboxylic acids is 1. The molecule has 3 rings (SSSR count). The van der Waals surface area contributed by atoms with Crippen molar-refractivity contribution in [3.05, 3.63) is 16.7 Å². The van der Waals surface area contributed by atoms with Crippen molar-refractivity contribution >= 4 is 23.0 Å². The average Bonchev–Trinajstić information content (AvgIpc) is 3.16. The lowest BCUT2D eigenvalue weighted by molar-refractivity contribution is -0.118. The van der Waals surface area contributed by atoms with Gasteiger partial charge in [-0.05, 0) is 6.92 Å². The Bertz CT molecular complexity index is 882. The maximum absolute atomic E-state index is 14.3. The molecule has 0 radical (unpaired) electrons. The third-order valence-electron chi connectivity index (χ3n) is 4.25. The number of aromatic amines is 1. The molecular formula is C16H22FN5O5. The molecule has 10 nitrogen and oxygen atoms in total. The zero-order valence-electron chi connectivity index (χ0n) is 15.2. The predicted molar refractivity (Wildman–Crippen MR) is 92.9 cm³/mol. The Morgan fingerprint density at radius 2 is 2.30 bits per heavy atom. The number of carbonyl (C=O) groups is 1. The smallest absolute Gasteiger partial charge is 0.280 e. The second kappa shape index (κ2) is 7.71. The van der Waals surface area contributed by atoms with Gasteiger partial charge in [0.05, 0.1) is 12.9 Å². The number of anilines is 1. The van der Waals surface area contributed by atoms with Crippen LogP contribution in [-0.2, 0) is 14.3 Å². The molecular weight excluding hydrogens is 361 g/mol. The third-order valence-corrected chi connectivity index (χ3v) is 4.25. The van der Waals surface area contributed by atoms with Crippen molar-refractivity contribution in [1.29, 1.82) is 0 Å². The van der Waals surface area contributed by atoms with Gasteiger partial charge in [0.15, 0.2) is 23.6 Å². The monoisotopic (exact) mass is 383 g/mol. The molecule has 1 aliphatic heterocycles. The van der Waals surface area contributed by atoms with E-state index in [4.69, 9.17) is 9.47 Å². The minimum Gasteiger partial charge on any atom is -0.385 e. The standard InChI is InChI=1S/C16H22FN5O5/c1-4-26-5-8-9(17)11(23)15(27-8)22-6-18-10-12(22)19-16(21-14(10)25)20-13(24)7(2)3/h6-9,11,15,23H,4-5H2,1-3H3,(H2,19,20,21,24,25)/t8-,9-,11-,15-/m1/s1. The minimum atomic E-state index is -1.67. The molecule has 0 unspecified atom stereocenters. The van der Waals surface area contributed by atoms with E-state index in [1.807, 2.05) is 0 Å². The first-order valence-corrected chi connectivity index (χ1v) is 8.66. The summed E-state index contributed by atoms with van der Waals surface area (Å²) in [4.78, 5) is 34.6. The van der Waals surface area contributed by atoms with Gasteiger partial charge in [-0.2, -0.15) is 4.98 Å². The number of rotatable bonds is 6. The summed E-state index contributed by atoms with van der Waals surface area (Å²) >= 11 is 0. The van der Waals surface area contributed by atoms with E-state index in [0.29, 0.717) is 6.61 Å². The van der Waals surface area contributed by atoms with Crippen molar-refractivity contribution in [2.75, 3.05) is 18.5 Å². The van der Waals surface area contributed by atoms with Gasteiger partial charge in [-0.25, -0.2) is 9.37 Å². The van der Waals surface area contributed by atoms with E-state index in [2.05, 4.69) is 20.3 Å². The van der Waals surface area contributed by atoms with E-state index >= 15 is 0 Å². The highest BCUT2D eigenvalue weighted by atomic mass is 19.1. The molecule has 3 heterocycles. The molecule has 0 aliphatic carbocycles. The van der Waals surface area contributed by atoms with Gasteiger partial charge in [0, 0.05) is 12.5 Å². The van der Waals surface area contributed by atoms with Crippen LogP contribution in [0.4, 0.5) is 10.3 Å². The molecule has 1 aliphatic rings. The van der Waals surface area contributed by atoms with Crippen molar-refractivity contribution < 1.29 is 23.8 Å². The van der Waals surface area contributed by atoms with Gasteiger partial charge in [-0.3, -0.25) is 24.5 Å². The van der Waals surface area contributed by atoms with E-state index in [-0.39, 0.29) is 35.5 Å². The molecule has 1 saturated heterocycles. The zero-order chi connectivity index (χ0) is 19.7. The molecule has 0 bridgehead atoms. The first-order valence-electron chi connectivity index (χ1n) is 8.66. The van der Waals surface area contributed by atoms with Gasteiger partial charge >= 0.3 is 0 Å². The molecule has 27 heavy (non-hydrogen) atoms. The number of nitrogens with one attached hydrogen (secondary N) is 2. The molecule has 1 amide bonds. The highest BCUT2D eigenvalue weighted by Gasteiger charge is 2.45. The van der Waals surface area contributed by atoms with Crippen molar-refractivity contribution in [3.8, 4) is 0 Å². The fourth-order valence-corrected chi connectivity index (χ4v) is 2.74. The Labute approximate surface area is 153 Å². The van der Waals surface area contributed by atoms with Gasteiger partial charge < -0.3 is 14.6 Å². The first kappa shape index (κ1) is 19.4. The fourth-order valence-electron chi connectivity index (χ4n) is 2.74. The molecule has 1 fully saturated rings. The van der Waals surface area contributed by atoms with Crippen LogP contribution in [0.5, 0.6) is 0 Å². The lowest BCUT2D eigenvalue weighted by Gasteiger charge is -2.16. The van der Waals surface area contributed by atoms with E-state index in [1.54, 1.807) is 20.8 Å². The van der Waals surface area contributed by atoms with Crippen LogP contribution < -0.4 is 10.9 Å². The maximum atomic E-state index is 14.3. The first-order chi connectivity index (χ1) is 12.8. The second-order valence-electron chi connectivity index (χ2n) is 6.54. The Hall–Kier alpha value is -2.37. The van der Waals surface area contributed by atoms with Crippen molar-refractivity contribution in [3.63, 3.8) is 0 Å². The van der Waals surface area contributed by atoms with Gasteiger partial charge in [0.1, 0.15) is 12.2 Å². The SMILES string of the molecule is CCOC[C@H]1O[C@@H](n2cnc3c(=O)[nH]c(NC(=O)C(C)C)nc32)[C@H](O)[C@@H]1F. The van der Waals surface area contributed by atoms with E-state index in [0.717, 1.165) is 0 Å². The van der Waals surface area contributed by atoms with Crippen LogP contribution in [0.25, 0.3) is 11.2 Å². The fraction of sp³-hybridized carbons (Fsp3) is 0.625. The van der Waals surface area contributed by atoms with Crippen LogP contribution in [0.3, 0.4) is 0 Å². The van der Waals surface area contributed by atoms with Crippen LogP contribution in [0.2, 0.25) is 0 Å². The molecule has 4 atom stereocenters. The maximum Gasteiger partial charge on any atom is 0.280 e. The number of ether oxygens (including phenoxy) is 2. The topological polar surface area (TPSA) is 131 Å². The number of halogens is 1. The van der Waals surface area contributed by atoms with Crippen LogP contribution in [0.15, 0.2) is 11.1 Å². The van der Waals surface area contributed by atoms with Crippen LogP contribution in [-0.4, -0.2) is 62.1 Å². The lowest BCUT2D eigenvalue weighted by atomic mass is 10.1. The number of nitrogens with zero attached hydrogens (tertiary/aromatic N) is 3. The minimum absolute atomic E-state index is 0.0123. The number of alkyl halides is 1. The average molecular weight is 383 g/mol. The Morgan fingerprint density at radius 1 is 1.56 bits per heavy atom.